The molecule has 0 fully saturated rings. The number of hydrazone groups is 1. The second-order valence-corrected chi connectivity index (χ2v) is 5.93. The molecular weight excluding hydrogens is 308 g/mol. The Balaban J connectivity index is 1.82. The van der Waals surface area contributed by atoms with E-state index >= 15 is 0 Å². The molecule has 2 aromatic rings. The number of benzene rings is 2. The van der Waals surface area contributed by atoms with Crippen LogP contribution in [0.2, 0.25) is 0 Å². The molecule has 0 saturated heterocycles. The Morgan fingerprint density at radius 3 is 2.65 bits per heavy atom. The van der Waals surface area contributed by atoms with Crippen molar-refractivity contribution in [2.24, 2.45) is 5.10 Å². The first-order valence-corrected chi connectivity index (χ1v) is 8.47. The molecule has 4 nitrogen and oxygen atoms in total. The summed E-state index contributed by atoms with van der Waals surface area (Å²) in [5.74, 6) is 0.430. The maximum atomic E-state index is 11.8. The lowest BCUT2D eigenvalue weighted by atomic mass is 10.1. The van der Waals surface area contributed by atoms with E-state index in [-0.39, 0.29) is 12.5 Å². The van der Waals surface area contributed by atoms with E-state index in [0.717, 1.165) is 22.4 Å². The maximum Gasteiger partial charge on any atom is 0.277 e. The minimum Gasteiger partial charge on any atom is -0.483 e. The van der Waals surface area contributed by atoms with E-state index in [4.69, 9.17) is 4.74 Å². The summed E-state index contributed by atoms with van der Waals surface area (Å²) >= 11 is 1.68. The molecule has 0 radical (unpaired) electrons. The minimum atomic E-state index is -0.289. The number of thioether (sulfide) groups is 1. The molecule has 0 saturated carbocycles. The minimum absolute atomic E-state index is 0.0625. The zero-order valence-corrected chi connectivity index (χ0v) is 14.3. The fraction of sp³-hybridized carbons (Fsp3) is 0.222. The highest BCUT2D eigenvalue weighted by Crippen LogP contribution is 2.20. The predicted molar refractivity (Wildman–Crippen MR) is 95.4 cm³/mol. The number of nitrogens with one attached hydrogen (secondary N) is 1. The average molecular weight is 328 g/mol. The highest BCUT2D eigenvalue weighted by atomic mass is 32.2. The van der Waals surface area contributed by atoms with Crippen LogP contribution in [0.5, 0.6) is 5.75 Å². The summed E-state index contributed by atoms with van der Waals surface area (Å²) in [6, 6.07) is 13.7. The molecule has 23 heavy (non-hydrogen) atoms. The number of hydrogen-bond donors (Lipinski definition) is 1. The van der Waals surface area contributed by atoms with Gasteiger partial charge < -0.3 is 4.74 Å². The van der Waals surface area contributed by atoms with Crippen molar-refractivity contribution in [3.05, 3.63) is 59.2 Å². The molecule has 1 N–H and O–H groups in total. The Labute approximate surface area is 140 Å². The summed E-state index contributed by atoms with van der Waals surface area (Å²) in [5.41, 5.74) is 5.57. The van der Waals surface area contributed by atoms with Gasteiger partial charge >= 0.3 is 0 Å². The van der Waals surface area contributed by atoms with Crippen LogP contribution < -0.4 is 10.2 Å². The summed E-state index contributed by atoms with van der Waals surface area (Å²) in [5, 5.41) is 3.94. The SMILES string of the molecule is CSc1ccc(C=NNC(=O)COc2cccc(C)c2C)cc1. The van der Waals surface area contributed by atoms with Crippen LogP contribution in [0.1, 0.15) is 16.7 Å². The first kappa shape index (κ1) is 17.1. The van der Waals surface area contributed by atoms with E-state index in [1.807, 2.05) is 62.6 Å². The zero-order chi connectivity index (χ0) is 16.7. The molecule has 0 atom stereocenters. The smallest absolute Gasteiger partial charge is 0.277 e. The highest BCUT2D eigenvalue weighted by molar-refractivity contribution is 7.98. The number of rotatable bonds is 6. The largest absolute Gasteiger partial charge is 0.483 e. The monoisotopic (exact) mass is 328 g/mol. The molecule has 1 amide bonds. The normalized spacial score (nSPS) is 10.7. The molecule has 0 bridgehead atoms. The van der Waals surface area contributed by atoms with Gasteiger partial charge in [-0.3, -0.25) is 4.79 Å². The van der Waals surface area contributed by atoms with E-state index < -0.39 is 0 Å². The molecule has 5 heteroatoms. The van der Waals surface area contributed by atoms with Crippen LogP contribution in [0.4, 0.5) is 0 Å². The lowest BCUT2D eigenvalue weighted by Crippen LogP contribution is -2.24. The van der Waals surface area contributed by atoms with Crippen molar-refractivity contribution in [2.75, 3.05) is 12.9 Å². The molecule has 0 aliphatic rings. The van der Waals surface area contributed by atoms with Gasteiger partial charge in [0, 0.05) is 4.90 Å². The Morgan fingerprint density at radius 1 is 1.22 bits per heavy atom. The van der Waals surface area contributed by atoms with Crippen molar-refractivity contribution in [3.63, 3.8) is 0 Å². The van der Waals surface area contributed by atoms with E-state index in [1.165, 1.54) is 4.90 Å². The quantitative estimate of drug-likeness (QED) is 0.501. The summed E-state index contributed by atoms with van der Waals surface area (Å²) in [6.45, 7) is 3.92. The standard InChI is InChI=1S/C18H20N2O2S/c1-13-5-4-6-17(14(13)2)22-12-18(21)20-19-11-15-7-9-16(23-3)10-8-15/h4-11H,12H2,1-3H3,(H,20,21). The number of hydrogen-bond acceptors (Lipinski definition) is 4. The molecule has 2 aromatic carbocycles. The van der Waals surface area contributed by atoms with Crippen molar-refractivity contribution < 1.29 is 9.53 Å². The van der Waals surface area contributed by atoms with Gasteiger partial charge in [-0.05, 0) is 55.0 Å². The molecule has 0 heterocycles. The molecule has 0 spiro atoms. The van der Waals surface area contributed by atoms with E-state index in [2.05, 4.69) is 10.5 Å². The average Bonchev–Trinajstić information content (AvgIpc) is 2.57. The molecule has 0 unspecified atom stereocenters. The summed E-state index contributed by atoms with van der Waals surface area (Å²) < 4.78 is 5.52. The Hall–Kier alpha value is -2.27. The number of aryl methyl sites for hydroxylation is 1. The molecule has 0 aromatic heterocycles. The lowest BCUT2D eigenvalue weighted by molar-refractivity contribution is -0.123. The van der Waals surface area contributed by atoms with Gasteiger partial charge in [-0.2, -0.15) is 5.10 Å². The van der Waals surface area contributed by atoms with Gasteiger partial charge in [-0.1, -0.05) is 24.3 Å². The molecular formula is C18H20N2O2S. The van der Waals surface area contributed by atoms with Crippen LogP contribution in [0.15, 0.2) is 52.5 Å². The van der Waals surface area contributed by atoms with Crippen molar-refractivity contribution in [1.82, 2.24) is 5.43 Å². The van der Waals surface area contributed by atoms with Crippen LogP contribution in [-0.2, 0) is 4.79 Å². The van der Waals surface area contributed by atoms with Crippen LogP contribution in [0.25, 0.3) is 0 Å². The van der Waals surface area contributed by atoms with E-state index in [1.54, 1.807) is 18.0 Å². The third-order valence-corrected chi connectivity index (χ3v) is 4.18. The Bertz CT molecular complexity index is 697. The summed E-state index contributed by atoms with van der Waals surface area (Å²) in [4.78, 5) is 12.9. The number of amides is 1. The van der Waals surface area contributed by atoms with Crippen molar-refractivity contribution in [2.45, 2.75) is 18.7 Å². The second kappa shape index (κ2) is 8.39. The van der Waals surface area contributed by atoms with Gasteiger partial charge in [0.25, 0.3) is 5.91 Å². The third-order valence-electron chi connectivity index (χ3n) is 3.43. The van der Waals surface area contributed by atoms with Crippen molar-refractivity contribution in [3.8, 4) is 5.75 Å². The van der Waals surface area contributed by atoms with Crippen LogP contribution in [0.3, 0.4) is 0 Å². The third kappa shape index (κ3) is 5.14. The number of ether oxygens (including phenoxy) is 1. The molecule has 0 aliphatic carbocycles. The highest BCUT2D eigenvalue weighted by Gasteiger charge is 2.05. The van der Waals surface area contributed by atoms with Gasteiger partial charge in [-0.25, -0.2) is 5.43 Å². The topological polar surface area (TPSA) is 50.7 Å². The Morgan fingerprint density at radius 2 is 1.96 bits per heavy atom. The fourth-order valence-electron chi connectivity index (χ4n) is 1.92. The summed E-state index contributed by atoms with van der Waals surface area (Å²) in [6.07, 6.45) is 3.64. The summed E-state index contributed by atoms with van der Waals surface area (Å²) in [7, 11) is 0. The molecule has 0 aliphatic heterocycles. The van der Waals surface area contributed by atoms with Gasteiger partial charge in [0.1, 0.15) is 5.75 Å². The van der Waals surface area contributed by atoms with Gasteiger partial charge in [0.2, 0.25) is 0 Å². The molecule has 120 valence electrons. The van der Waals surface area contributed by atoms with Gasteiger partial charge in [0.15, 0.2) is 6.61 Å². The predicted octanol–water partition coefficient (Wildman–Crippen LogP) is 3.55. The molecule has 2 rings (SSSR count). The van der Waals surface area contributed by atoms with E-state index in [0.29, 0.717) is 0 Å². The zero-order valence-electron chi connectivity index (χ0n) is 13.5. The maximum absolute atomic E-state index is 11.8. The van der Waals surface area contributed by atoms with Gasteiger partial charge in [-0.15, -0.1) is 11.8 Å². The fourth-order valence-corrected chi connectivity index (χ4v) is 2.33. The Kier molecular flexibility index (Phi) is 6.23. The first-order chi connectivity index (χ1) is 11.1. The number of carbonyl (C=O) groups is 1. The first-order valence-electron chi connectivity index (χ1n) is 7.25. The van der Waals surface area contributed by atoms with Crippen LogP contribution in [0, 0.1) is 13.8 Å². The van der Waals surface area contributed by atoms with Gasteiger partial charge in [0.05, 0.1) is 6.21 Å². The van der Waals surface area contributed by atoms with Crippen molar-refractivity contribution in [1.29, 1.82) is 0 Å². The van der Waals surface area contributed by atoms with Crippen LogP contribution in [-0.4, -0.2) is 25.0 Å². The second-order valence-electron chi connectivity index (χ2n) is 5.05. The number of nitrogens with zero attached hydrogens (tertiary/aromatic N) is 1. The van der Waals surface area contributed by atoms with E-state index in [9.17, 15) is 4.79 Å². The number of carbonyl (C=O) groups excluding carboxylic acids is 1. The van der Waals surface area contributed by atoms with Crippen molar-refractivity contribution >= 4 is 23.9 Å². The lowest BCUT2D eigenvalue weighted by Gasteiger charge is -2.09. The van der Waals surface area contributed by atoms with Crippen LogP contribution >= 0.6 is 11.8 Å².